The molecule has 1 aromatic carbocycles. The second kappa shape index (κ2) is 6.90. The van der Waals surface area contributed by atoms with Crippen LogP contribution in [0, 0.1) is 0 Å². The summed E-state index contributed by atoms with van der Waals surface area (Å²) < 4.78 is 7.46. The van der Waals surface area contributed by atoms with Crippen molar-refractivity contribution in [3.63, 3.8) is 0 Å². The van der Waals surface area contributed by atoms with E-state index >= 15 is 0 Å². The fourth-order valence-electron chi connectivity index (χ4n) is 4.29. The van der Waals surface area contributed by atoms with E-state index in [-0.39, 0.29) is 0 Å². The van der Waals surface area contributed by atoms with Gasteiger partial charge in [0.05, 0.1) is 18.3 Å². The van der Waals surface area contributed by atoms with E-state index < -0.39 is 0 Å². The first-order valence-corrected chi connectivity index (χ1v) is 9.63. The predicted octanol–water partition coefficient (Wildman–Crippen LogP) is 2.11. The Morgan fingerprint density at radius 1 is 1.11 bits per heavy atom. The molecule has 0 amide bonds. The van der Waals surface area contributed by atoms with Gasteiger partial charge < -0.3 is 9.64 Å². The van der Waals surface area contributed by atoms with E-state index in [1.165, 1.54) is 0 Å². The van der Waals surface area contributed by atoms with Crippen LogP contribution in [0.15, 0.2) is 42.9 Å². The molecule has 7 heteroatoms. The zero-order valence-corrected chi connectivity index (χ0v) is 15.5. The molecule has 2 atom stereocenters. The van der Waals surface area contributed by atoms with Crippen molar-refractivity contribution in [3.8, 4) is 5.82 Å². The Labute approximate surface area is 158 Å². The molecule has 0 radical (unpaired) electrons. The van der Waals surface area contributed by atoms with Gasteiger partial charge in [0.15, 0.2) is 5.82 Å². The summed E-state index contributed by atoms with van der Waals surface area (Å²) in [4.78, 5) is 13.9. The average Bonchev–Trinajstić information content (AvgIpc) is 3.38. The molecule has 4 heterocycles. The monoisotopic (exact) mass is 364 g/mol. The Hall–Kier alpha value is -2.51. The molecule has 2 aromatic heterocycles. The molecule has 2 aliphatic rings. The highest BCUT2D eigenvalue weighted by molar-refractivity contribution is 5.79. The zero-order chi connectivity index (χ0) is 18.2. The minimum Gasteiger partial charge on any atom is -0.380 e. The normalized spacial score (nSPS) is 24.0. The van der Waals surface area contributed by atoms with Crippen molar-refractivity contribution < 1.29 is 4.74 Å². The lowest BCUT2D eigenvalue weighted by Crippen LogP contribution is -2.55. The van der Waals surface area contributed by atoms with Crippen molar-refractivity contribution in [1.29, 1.82) is 0 Å². The fraction of sp³-hybridized carbons (Fsp3) is 0.450. The third-order valence-electron chi connectivity index (χ3n) is 5.71. The summed E-state index contributed by atoms with van der Waals surface area (Å²) in [5.41, 5.74) is 1.06. The van der Waals surface area contributed by atoms with E-state index in [4.69, 9.17) is 4.74 Å². The highest BCUT2D eigenvalue weighted by Crippen LogP contribution is 2.24. The van der Waals surface area contributed by atoms with Gasteiger partial charge in [0.25, 0.3) is 0 Å². The number of rotatable bonds is 3. The summed E-state index contributed by atoms with van der Waals surface area (Å²) in [6.07, 6.45) is 4.67. The van der Waals surface area contributed by atoms with Gasteiger partial charge >= 0.3 is 0 Å². The number of ether oxygens (including phenoxy) is 1. The molecule has 2 fully saturated rings. The molecule has 0 aliphatic carbocycles. The molecule has 1 unspecified atom stereocenters. The van der Waals surface area contributed by atoms with Gasteiger partial charge in [-0.05, 0) is 19.4 Å². The summed E-state index contributed by atoms with van der Waals surface area (Å²) in [7, 11) is 0. The number of aromatic nitrogens is 4. The minimum atomic E-state index is 0.481. The highest BCUT2D eigenvalue weighted by atomic mass is 16.5. The number of hydrogen-bond acceptors (Lipinski definition) is 6. The molecule has 0 saturated carbocycles. The Morgan fingerprint density at radius 3 is 2.85 bits per heavy atom. The smallest absolute Gasteiger partial charge is 0.159 e. The molecule has 3 aromatic rings. The number of nitrogens with zero attached hydrogens (tertiary/aromatic N) is 6. The summed E-state index contributed by atoms with van der Waals surface area (Å²) >= 11 is 0. The quantitative estimate of drug-likeness (QED) is 0.709. The molecule has 7 nitrogen and oxygen atoms in total. The van der Waals surface area contributed by atoms with Gasteiger partial charge in [0, 0.05) is 49.8 Å². The number of anilines is 1. The van der Waals surface area contributed by atoms with Crippen LogP contribution in [0.2, 0.25) is 0 Å². The lowest BCUT2D eigenvalue weighted by molar-refractivity contribution is 0.105. The first-order valence-electron chi connectivity index (χ1n) is 9.63. The van der Waals surface area contributed by atoms with Gasteiger partial charge in [-0.15, -0.1) is 0 Å². The largest absolute Gasteiger partial charge is 0.380 e. The molecular weight excluding hydrogens is 340 g/mol. The van der Waals surface area contributed by atoms with Crippen LogP contribution in [-0.2, 0) is 4.74 Å². The van der Waals surface area contributed by atoms with E-state index in [2.05, 4.69) is 43.9 Å². The van der Waals surface area contributed by atoms with Crippen LogP contribution in [0.4, 0.5) is 5.82 Å². The third-order valence-corrected chi connectivity index (χ3v) is 5.71. The molecule has 140 valence electrons. The molecule has 0 spiro atoms. The molecule has 5 rings (SSSR count). The fourth-order valence-corrected chi connectivity index (χ4v) is 4.29. The molecular formula is C20H24N6O. The predicted molar refractivity (Wildman–Crippen MR) is 104 cm³/mol. The van der Waals surface area contributed by atoms with Crippen molar-refractivity contribution in [2.24, 2.45) is 0 Å². The van der Waals surface area contributed by atoms with Gasteiger partial charge in [0.2, 0.25) is 0 Å². The van der Waals surface area contributed by atoms with Crippen LogP contribution in [0.1, 0.15) is 13.3 Å². The maximum atomic E-state index is 5.58. The number of hydrogen-bond donors (Lipinski definition) is 0. The van der Waals surface area contributed by atoms with Crippen LogP contribution in [0.3, 0.4) is 0 Å². The number of fused-ring (bicyclic) bond motifs is 1. The Balaban J connectivity index is 1.38. The van der Waals surface area contributed by atoms with E-state index in [9.17, 15) is 0 Å². The van der Waals surface area contributed by atoms with Crippen LogP contribution in [-0.4, -0.2) is 69.6 Å². The summed E-state index contributed by atoms with van der Waals surface area (Å²) in [5.74, 6) is 1.77. The standard InChI is InChI=1S/C20H24N6O/c1-15-12-24(7-8-25(15)17-6-9-27-13-17)19-10-20(22-14-21-19)26-18-5-3-2-4-16(18)11-23-26/h2-5,10-11,14-15,17H,6-9,12-13H2,1H3/t15-,17?/m1/s1. The number of para-hydroxylation sites is 1. The van der Waals surface area contributed by atoms with E-state index in [1.807, 2.05) is 29.1 Å². The molecule has 2 aliphatic heterocycles. The summed E-state index contributed by atoms with van der Waals surface area (Å²) in [5, 5.41) is 5.63. The van der Waals surface area contributed by atoms with E-state index in [0.717, 1.165) is 61.8 Å². The molecule has 0 bridgehead atoms. The average molecular weight is 364 g/mol. The Bertz CT molecular complexity index is 935. The van der Waals surface area contributed by atoms with Gasteiger partial charge in [-0.2, -0.15) is 5.10 Å². The van der Waals surface area contributed by atoms with Crippen LogP contribution < -0.4 is 4.90 Å². The summed E-state index contributed by atoms with van der Waals surface area (Å²) in [6.45, 7) is 7.04. The first-order chi connectivity index (χ1) is 13.3. The molecule has 2 saturated heterocycles. The lowest BCUT2D eigenvalue weighted by atomic mass is 10.1. The zero-order valence-electron chi connectivity index (χ0n) is 15.5. The highest BCUT2D eigenvalue weighted by Gasteiger charge is 2.32. The minimum absolute atomic E-state index is 0.481. The Kier molecular flexibility index (Phi) is 4.26. The van der Waals surface area contributed by atoms with Crippen molar-refractivity contribution in [2.75, 3.05) is 37.7 Å². The third kappa shape index (κ3) is 3.07. The van der Waals surface area contributed by atoms with E-state index in [1.54, 1.807) is 6.33 Å². The van der Waals surface area contributed by atoms with Gasteiger partial charge in [0.1, 0.15) is 12.1 Å². The Morgan fingerprint density at radius 2 is 2.00 bits per heavy atom. The van der Waals surface area contributed by atoms with Crippen LogP contribution >= 0.6 is 0 Å². The van der Waals surface area contributed by atoms with Crippen LogP contribution in [0.5, 0.6) is 0 Å². The van der Waals surface area contributed by atoms with Crippen molar-refractivity contribution in [2.45, 2.75) is 25.4 Å². The lowest BCUT2D eigenvalue weighted by Gasteiger charge is -2.43. The number of piperazine rings is 1. The maximum absolute atomic E-state index is 5.58. The topological polar surface area (TPSA) is 59.3 Å². The second-order valence-corrected chi connectivity index (χ2v) is 7.40. The van der Waals surface area contributed by atoms with Gasteiger partial charge in [-0.3, -0.25) is 4.90 Å². The summed E-state index contributed by atoms with van der Waals surface area (Å²) in [6, 6.07) is 11.3. The molecule has 0 N–H and O–H groups in total. The molecule has 27 heavy (non-hydrogen) atoms. The maximum Gasteiger partial charge on any atom is 0.159 e. The van der Waals surface area contributed by atoms with E-state index in [0.29, 0.717) is 12.1 Å². The number of benzene rings is 1. The van der Waals surface area contributed by atoms with Crippen molar-refractivity contribution >= 4 is 16.7 Å². The van der Waals surface area contributed by atoms with Crippen molar-refractivity contribution in [3.05, 3.63) is 42.9 Å². The van der Waals surface area contributed by atoms with Gasteiger partial charge in [-0.25, -0.2) is 14.6 Å². The SMILES string of the molecule is C[C@@H]1CN(c2cc(-n3ncc4ccccc43)ncn2)CCN1C1CCOC1. The van der Waals surface area contributed by atoms with Crippen molar-refractivity contribution in [1.82, 2.24) is 24.6 Å². The first kappa shape index (κ1) is 16.6. The van der Waals surface area contributed by atoms with Crippen LogP contribution in [0.25, 0.3) is 16.7 Å². The second-order valence-electron chi connectivity index (χ2n) is 7.40. The van der Waals surface area contributed by atoms with Gasteiger partial charge in [-0.1, -0.05) is 18.2 Å².